The van der Waals surface area contributed by atoms with Crippen LogP contribution in [-0.2, 0) is 16.1 Å². The topological polar surface area (TPSA) is 67.7 Å². The molecule has 2 fully saturated rings. The highest BCUT2D eigenvalue weighted by Gasteiger charge is 2.34. The molecule has 138 valence electrons. The summed E-state index contributed by atoms with van der Waals surface area (Å²) < 4.78 is 6.61. The molecule has 0 radical (unpaired) electrons. The predicted molar refractivity (Wildman–Crippen MR) is 99.4 cm³/mol. The Morgan fingerprint density at radius 1 is 1.23 bits per heavy atom. The van der Waals surface area contributed by atoms with Gasteiger partial charge in [0.15, 0.2) is 0 Å². The zero-order valence-electron chi connectivity index (χ0n) is 15.1. The second-order valence-corrected chi connectivity index (χ2v) is 7.02. The zero-order valence-corrected chi connectivity index (χ0v) is 15.1. The average Bonchev–Trinajstić information content (AvgIpc) is 3.52. The lowest BCUT2D eigenvalue weighted by molar-refractivity contribution is -0.132. The number of carbonyl (C=O) groups is 1. The molecule has 26 heavy (non-hydrogen) atoms. The molecule has 7 nitrogen and oxygen atoms in total. The largest absolute Gasteiger partial charge is 0.383 e. The standard InChI is InChI=1S/C19H24N4O3/c1-26-11-10-23-13-20-17-12-15(4-5-16(17)19(23)25)21-6-8-22(9-7-21)18(24)14-2-3-14/h4-5,12-14H,2-3,6-11H2,1H3. The van der Waals surface area contributed by atoms with E-state index in [2.05, 4.69) is 9.88 Å². The first-order valence-electron chi connectivity index (χ1n) is 9.19. The molecule has 1 aromatic carbocycles. The van der Waals surface area contributed by atoms with Crippen LogP contribution in [0.3, 0.4) is 0 Å². The summed E-state index contributed by atoms with van der Waals surface area (Å²) >= 11 is 0. The van der Waals surface area contributed by atoms with Gasteiger partial charge in [-0.2, -0.15) is 0 Å². The minimum atomic E-state index is -0.0431. The van der Waals surface area contributed by atoms with Gasteiger partial charge in [0.2, 0.25) is 5.91 Å². The summed E-state index contributed by atoms with van der Waals surface area (Å²) in [6, 6.07) is 5.80. The van der Waals surface area contributed by atoms with Crippen molar-refractivity contribution in [3.8, 4) is 0 Å². The molecule has 2 aliphatic rings. The van der Waals surface area contributed by atoms with Crippen molar-refractivity contribution in [2.45, 2.75) is 19.4 Å². The number of benzene rings is 1. The van der Waals surface area contributed by atoms with Crippen LogP contribution in [0.4, 0.5) is 5.69 Å². The maximum atomic E-state index is 12.5. The molecule has 0 bridgehead atoms. The highest BCUT2D eigenvalue weighted by Crippen LogP contribution is 2.31. The lowest BCUT2D eigenvalue weighted by Gasteiger charge is -2.36. The average molecular weight is 356 g/mol. The molecule has 1 saturated carbocycles. The van der Waals surface area contributed by atoms with Crippen LogP contribution in [0.25, 0.3) is 10.9 Å². The van der Waals surface area contributed by atoms with Crippen molar-refractivity contribution in [2.75, 3.05) is 44.8 Å². The normalized spacial score (nSPS) is 17.7. The fraction of sp³-hybridized carbons (Fsp3) is 0.526. The summed E-state index contributed by atoms with van der Waals surface area (Å²) in [5.74, 6) is 0.605. The third-order valence-electron chi connectivity index (χ3n) is 5.23. The number of anilines is 1. The van der Waals surface area contributed by atoms with E-state index in [1.807, 2.05) is 23.1 Å². The van der Waals surface area contributed by atoms with Crippen LogP contribution in [0.5, 0.6) is 0 Å². The Morgan fingerprint density at radius 2 is 2.00 bits per heavy atom. The van der Waals surface area contributed by atoms with Gasteiger partial charge in [0.1, 0.15) is 0 Å². The van der Waals surface area contributed by atoms with Gasteiger partial charge < -0.3 is 14.5 Å². The number of methoxy groups -OCH3 is 1. The van der Waals surface area contributed by atoms with E-state index in [0.717, 1.165) is 44.7 Å². The van der Waals surface area contributed by atoms with Gasteiger partial charge in [-0.05, 0) is 31.0 Å². The number of hydrogen-bond donors (Lipinski definition) is 0. The molecule has 0 spiro atoms. The Kier molecular flexibility index (Phi) is 4.63. The molecular formula is C19H24N4O3. The van der Waals surface area contributed by atoms with Crippen LogP contribution in [0.1, 0.15) is 12.8 Å². The van der Waals surface area contributed by atoms with Crippen molar-refractivity contribution in [3.05, 3.63) is 34.9 Å². The molecule has 1 amide bonds. The Balaban J connectivity index is 1.49. The molecule has 1 saturated heterocycles. The highest BCUT2D eigenvalue weighted by molar-refractivity contribution is 5.82. The second kappa shape index (κ2) is 7.07. The first kappa shape index (κ1) is 17.0. The Bertz CT molecular complexity index is 867. The molecule has 1 aliphatic carbocycles. The van der Waals surface area contributed by atoms with E-state index in [4.69, 9.17) is 4.74 Å². The van der Waals surface area contributed by atoms with Crippen molar-refractivity contribution in [2.24, 2.45) is 5.92 Å². The van der Waals surface area contributed by atoms with Crippen molar-refractivity contribution >= 4 is 22.5 Å². The SMILES string of the molecule is COCCn1cnc2cc(N3CCN(C(=O)C4CC4)CC3)ccc2c1=O. The number of fused-ring (bicyclic) bond motifs is 1. The lowest BCUT2D eigenvalue weighted by Crippen LogP contribution is -2.49. The molecule has 0 atom stereocenters. The maximum absolute atomic E-state index is 12.5. The van der Waals surface area contributed by atoms with Gasteiger partial charge in [0.05, 0.1) is 30.4 Å². The minimum Gasteiger partial charge on any atom is -0.383 e. The van der Waals surface area contributed by atoms with Crippen LogP contribution >= 0.6 is 0 Å². The number of piperazine rings is 1. The van der Waals surface area contributed by atoms with Crippen LogP contribution in [0, 0.1) is 5.92 Å². The summed E-state index contributed by atoms with van der Waals surface area (Å²) in [5, 5.41) is 0.620. The van der Waals surface area contributed by atoms with Gasteiger partial charge in [-0.15, -0.1) is 0 Å². The first-order chi connectivity index (χ1) is 12.7. The number of ether oxygens (including phenoxy) is 1. The van der Waals surface area contributed by atoms with E-state index in [1.54, 1.807) is 18.0 Å². The molecule has 7 heteroatoms. The van der Waals surface area contributed by atoms with Gasteiger partial charge in [-0.3, -0.25) is 14.2 Å². The molecule has 4 rings (SSSR count). The van der Waals surface area contributed by atoms with Gasteiger partial charge in [-0.1, -0.05) is 0 Å². The van der Waals surface area contributed by atoms with Gasteiger partial charge >= 0.3 is 0 Å². The van der Waals surface area contributed by atoms with E-state index < -0.39 is 0 Å². The van der Waals surface area contributed by atoms with Gasteiger partial charge in [0, 0.05) is 44.9 Å². The van der Waals surface area contributed by atoms with E-state index in [9.17, 15) is 9.59 Å². The Labute approximate surface area is 152 Å². The molecule has 1 aliphatic heterocycles. The molecule has 0 unspecified atom stereocenters. The van der Waals surface area contributed by atoms with E-state index >= 15 is 0 Å². The zero-order chi connectivity index (χ0) is 18.1. The highest BCUT2D eigenvalue weighted by atomic mass is 16.5. The van der Waals surface area contributed by atoms with Crippen molar-refractivity contribution in [3.63, 3.8) is 0 Å². The molecule has 1 aromatic heterocycles. The number of aromatic nitrogens is 2. The van der Waals surface area contributed by atoms with E-state index in [0.29, 0.717) is 30.0 Å². The summed E-state index contributed by atoms with van der Waals surface area (Å²) in [4.78, 5) is 33.4. The van der Waals surface area contributed by atoms with Gasteiger partial charge in [-0.25, -0.2) is 4.98 Å². The smallest absolute Gasteiger partial charge is 0.261 e. The van der Waals surface area contributed by atoms with E-state index in [1.165, 1.54) is 0 Å². The van der Waals surface area contributed by atoms with Crippen LogP contribution < -0.4 is 10.5 Å². The molecule has 2 aromatic rings. The molecule has 0 N–H and O–H groups in total. The van der Waals surface area contributed by atoms with Crippen molar-refractivity contribution < 1.29 is 9.53 Å². The summed E-state index contributed by atoms with van der Waals surface area (Å²) in [7, 11) is 1.61. The summed E-state index contributed by atoms with van der Waals surface area (Å²) in [5.41, 5.74) is 1.72. The summed E-state index contributed by atoms with van der Waals surface area (Å²) in [6.45, 7) is 4.13. The fourth-order valence-corrected chi connectivity index (χ4v) is 3.47. The Morgan fingerprint density at radius 3 is 2.69 bits per heavy atom. The van der Waals surface area contributed by atoms with E-state index in [-0.39, 0.29) is 11.5 Å². The number of hydrogen-bond acceptors (Lipinski definition) is 5. The van der Waals surface area contributed by atoms with Gasteiger partial charge in [0.25, 0.3) is 5.56 Å². The number of amides is 1. The monoisotopic (exact) mass is 356 g/mol. The number of rotatable bonds is 5. The minimum absolute atomic E-state index is 0.0431. The third kappa shape index (κ3) is 3.31. The lowest BCUT2D eigenvalue weighted by atomic mass is 10.2. The summed E-state index contributed by atoms with van der Waals surface area (Å²) in [6.07, 6.45) is 3.69. The fourth-order valence-electron chi connectivity index (χ4n) is 3.47. The van der Waals surface area contributed by atoms with Crippen molar-refractivity contribution in [1.82, 2.24) is 14.5 Å². The molecule has 2 heterocycles. The number of carbonyl (C=O) groups excluding carboxylic acids is 1. The quantitative estimate of drug-likeness (QED) is 0.803. The third-order valence-corrected chi connectivity index (χ3v) is 5.23. The van der Waals surface area contributed by atoms with Crippen LogP contribution in [0.2, 0.25) is 0 Å². The first-order valence-corrected chi connectivity index (χ1v) is 9.19. The second-order valence-electron chi connectivity index (χ2n) is 7.02. The maximum Gasteiger partial charge on any atom is 0.261 e. The van der Waals surface area contributed by atoms with Crippen LogP contribution in [0.15, 0.2) is 29.3 Å². The van der Waals surface area contributed by atoms with Crippen molar-refractivity contribution in [1.29, 1.82) is 0 Å². The number of nitrogens with zero attached hydrogens (tertiary/aromatic N) is 4. The predicted octanol–water partition coefficient (Wildman–Crippen LogP) is 1.10. The van der Waals surface area contributed by atoms with Crippen LogP contribution in [-0.4, -0.2) is 60.3 Å². The molecular weight excluding hydrogens is 332 g/mol. The Hall–Kier alpha value is -2.41.